The molecule has 2 aromatic rings. The summed E-state index contributed by atoms with van der Waals surface area (Å²) in [6.45, 7) is 1.93. The highest BCUT2D eigenvalue weighted by molar-refractivity contribution is 5.98. The number of anilines is 1. The fraction of sp³-hybridized carbons (Fsp3) is 0.526. The van der Waals surface area contributed by atoms with Gasteiger partial charge in [-0.15, -0.1) is 0 Å². The maximum absolute atomic E-state index is 12.2. The van der Waals surface area contributed by atoms with Crippen molar-refractivity contribution in [3.05, 3.63) is 41.9 Å². The van der Waals surface area contributed by atoms with Gasteiger partial charge in [0.05, 0.1) is 11.8 Å². The number of aromatic nitrogens is 3. The minimum Gasteiger partial charge on any atom is -0.359 e. The number of pyridine rings is 1. The van der Waals surface area contributed by atoms with E-state index < -0.39 is 0 Å². The molecular weight excluding hydrogens is 328 g/mol. The lowest BCUT2D eigenvalue weighted by atomic mass is 9.85. The summed E-state index contributed by atoms with van der Waals surface area (Å²) in [5, 5.41) is 7.06. The predicted molar refractivity (Wildman–Crippen MR) is 102 cm³/mol. The summed E-state index contributed by atoms with van der Waals surface area (Å²) in [5.41, 5.74) is 1.86. The van der Waals surface area contributed by atoms with Gasteiger partial charge in [0, 0.05) is 51.7 Å². The minimum absolute atomic E-state index is 0.107. The molecule has 7 heteroatoms. The van der Waals surface area contributed by atoms with Crippen LogP contribution in [0.4, 0.5) is 5.82 Å². The Hall–Kier alpha value is -2.41. The van der Waals surface area contributed by atoms with Crippen molar-refractivity contribution < 1.29 is 4.79 Å². The molecule has 1 aliphatic rings. The van der Waals surface area contributed by atoms with Crippen LogP contribution >= 0.6 is 0 Å². The van der Waals surface area contributed by atoms with E-state index in [0.717, 1.165) is 25.3 Å². The Kier molecular flexibility index (Phi) is 5.56. The largest absolute Gasteiger partial charge is 0.359 e. The average Bonchev–Trinajstić information content (AvgIpc) is 3.07. The van der Waals surface area contributed by atoms with E-state index in [1.807, 2.05) is 31.0 Å². The van der Waals surface area contributed by atoms with E-state index in [1.165, 1.54) is 12.0 Å². The predicted octanol–water partition coefficient (Wildman–Crippen LogP) is 1.69. The van der Waals surface area contributed by atoms with Gasteiger partial charge in [-0.1, -0.05) is 0 Å². The molecule has 2 aromatic heterocycles. The first kappa shape index (κ1) is 18.4. The van der Waals surface area contributed by atoms with Crippen molar-refractivity contribution >= 4 is 11.7 Å². The molecule has 0 spiro atoms. The Morgan fingerprint density at radius 2 is 2.23 bits per heavy atom. The van der Waals surface area contributed by atoms with E-state index in [0.29, 0.717) is 17.5 Å². The van der Waals surface area contributed by atoms with Gasteiger partial charge in [-0.25, -0.2) is 4.98 Å². The van der Waals surface area contributed by atoms with Crippen LogP contribution in [-0.4, -0.2) is 59.8 Å². The smallest absolute Gasteiger partial charge is 0.254 e. The second kappa shape index (κ2) is 7.86. The van der Waals surface area contributed by atoms with Gasteiger partial charge in [0.2, 0.25) is 0 Å². The Balaban J connectivity index is 1.83. The molecule has 1 fully saturated rings. The van der Waals surface area contributed by atoms with E-state index in [4.69, 9.17) is 0 Å². The van der Waals surface area contributed by atoms with E-state index in [9.17, 15) is 4.79 Å². The topological polar surface area (TPSA) is 66.3 Å². The molecule has 140 valence electrons. The molecule has 2 atom stereocenters. The van der Waals surface area contributed by atoms with Crippen LogP contribution in [0.5, 0.6) is 0 Å². The number of likely N-dealkylation sites (tertiary alicyclic amines) is 1. The Morgan fingerprint density at radius 1 is 1.42 bits per heavy atom. The van der Waals surface area contributed by atoms with E-state index in [1.54, 1.807) is 19.3 Å². The number of carbonyl (C=O) groups is 1. The highest BCUT2D eigenvalue weighted by atomic mass is 16.1. The molecule has 0 bridgehead atoms. The third kappa shape index (κ3) is 3.72. The molecule has 1 aliphatic heterocycles. The normalized spacial score (nSPS) is 20.8. The molecule has 1 saturated heterocycles. The Bertz CT molecular complexity index is 758. The van der Waals surface area contributed by atoms with Gasteiger partial charge < -0.3 is 10.2 Å². The number of hydrogen-bond acceptors (Lipinski definition) is 5. The first-order chi connectivity index (χ1) is 12.5. The number of nitrogens with zero attached hydrogens (tertiary/aromatic N) is 5. The molecular formula is C19H28N6O. The zero-order chi connectivity index (χ0) is 18.7. The Morgan fingerprint density at radius 3 is 2.92 bits per heavy atom. The maximum Gasteiger partial charge on any atom is 0.254 e. The standard InChI is InChI=1S/C19H28N6O/c1-20-19(26)16-8-5-9-21-18(16)24(3)12-14-7-6-10-23(2)17(14)15-11-22-25(4)13-15/h5,8-9,11,13-14,17H,6-7,10,12H2,1-4H3,(H,20,26)/t14-,17+/m0/s1. The summed E-state index contributed by atoms with van der Waals surface area (Å²) in [7, 11) is 7.80. The van der Waals surface area contributed by atoms with Gasteiger partial charge in [-0.05, 0) is 44.5 Å². The van der Waals surface area contributed by atoms with Crippen LogP contribution in [0.15, 0.2) is 30.7 Å². The number of amides is 1. The third-order valence-corrected chi connectivity index (χ3v) is 5.20. The molecule has 26 heavy (non-hydrogen) atoms. The van der Waals surface area contributed by atoms with Crippen molar-refractivity contribution in [3.63, 3.8) is 0 Å². The van der Waals surface area contributed by atoms with Crippen molar-refractivity contribution in [2.75, 3.05) is 39.1 Å². The van der Waals surface area contributed by atoms with Crippen LogP contribution < -0.4 is 10.2 Å². The van der Waals surface area contributed by atoms with Gasteiger partial charge in [-0.2, -0.15) is 5.10 Å². The van der Waals surface area contributed by atoms with Crippen molar-refractivity contribution in [3.8, 4) is 0 Å². The third-order valence-electron chi connectivity index (χ3n) is 5.20. The Labute approximate surface area is 155 Å². The van der Waals surface area contributed by atoms with Crippen molar-refractivity contribution in [1.82, 2.24) is 25.0 Å². The van der Waals surface area contributed by atoms with Gasteiger partial charge in [0.1, 0.15) is 5.82 Å². The lowest BCUT2D eigenvalue weighted by Crippen LogP contribution is -2.41. The van der Waals surface area contributed by atoms with E-state index in [-0.39, 0.29) is 5.91 Å². The van der Waals surface area contributed by atoms with Crippen LogP contribution in [-0.2, 0) is 7.05 Å². The maximum atomic E-state index is 12.2. The fourth-order valence-electron chi connectivity index (χ4n) is 4.02. The molecule has 0 saturated carbocycles. The first-order valence-electron chi connectivity index (χ1n) is 9.08. The lowest BCUT2D eigenvalue weighted by molar-refractivity contribution is 0.0962. The summed E-state index contributed by atoms with van der Waals surface area (Å²) >= 11 is 0. The van der Waals surface area contributed by atoms with Crippen molar-refractivity contribution in [1.29, 1.82) is 0 Å². The zero-order valence-corrected chi connectivity index (χ0v) is 16.0. The van der Waals surface area contributed by atoms with Gasteiger partial charge >= 0.3 is 0 Å². The number of nitrogens with one attached hydrogen (secondary N) is 1. The molecule has 0 radical (unpaired) electrons. The minimum atomic E-state index is -0.107. The first-order valence-corrected chi connectivity index (χ1v) is 9.08. The van der Waals surface area contributed by atoms with Crippen LogP contribution in [0.2, 0.25) is 0 Å². The van der Waals surface area contributed by atoms with Crippen LogP contribution in [0.1, 0.15) is 34.8 Å². The summed E-state index contributed by atoms with van der Waals surface area (Å²) < 4.78 is 1.86. The molecule has 0 aliphatic carbocycles. The van der Waals surface area contributed by atoms with E-state index >= 15 is 0 Å². The monoisotopic (exact) mass is 356 g/mol. The number of rotatable bonds is 5. The highest BCUT2D eigenvalue weighted by Gasteiger charge is 2.32. The number of carbonyl (C=O) groups excluding carboxylic acids is 1. The molecule has 3 heterocycles. The molecule has 7 nitrogen and oxygen atoms in total. The summed E-state index contributed by atoms with van der Waals surface area (Å²) in [4.78, 5) is 21.2. The van der Waals surface area contributed by atoms with Crippen LogP contribution in [0, 0.1) is 5.92 Å². The molecule has 0 unspecified atom stereocenters. The molecule has 1 N–H and O–H groups in total. The molecule has 1 amide bonds. The summed E-state index contributed by atoms with van der Waals surface area (Å²) in [5.74, 6) is 1.07. The SMILES string of the molecule is CNC(=O)c1cccnc1N(C)C[C@@H]1CCCN(C)[C@H]1c1cnn(C)c1. The fourth-order valence-corrected chi connectivity index (χ4v) is 4.02. The summed E-state index contributed by atoms with van der Waals surface area (Å²) in [6, 6.07) is 3.95. The molecule has 3 rings (SSSR count). The molecule has 0 aromatic carbocycles. The highest BCUT2D eigenvalue weighted by Crippen LogP contribution is 2.36. The van der Waals surface area contributed by atoms with Gasteiger partial charge in [-0.3, -0.25) is 14.4 Å². The van der Waals surface area contributed by atoms with Crippen LogP contribution in [0.25, 0.3) is 0 Å². The van der Waals surface area contributed by atoms with Crippen LogP contribution in [0.3, 0.4) is 0 Å². The lowest BCUT2D eigenvalue weighted by Gasteiger charge is -2.40. The summed E-state index contributed by atoms with van der Waals surface area (Å²) in [6.07, 6.45) is 8.14. The number of hydrogen-bond donors (Lipinski definition) is 1. The van der Waals surface area contributed by atoms with E-state index in [2.05, 4.69) is 38.4 Å². The quantitative estimate of drug-likeness (QED) is 0.883. The number of aryl methyl sites for hydroxylation is 1. The second-order valence-corrected chi connectivity index (χ2v) is 7.11. The zero-order valence-electron chi connectivity index (χ0n) is 16.0. The van der Waals surface area contributed by atoms with Crippen molar-refractivity contribution in [2.45, 2.75) is 18.9 Å². The second-order valence-electron chi connectivity index (χ2n) is 7.11. The average molecular weight is 356 g/mol. The van der Waals surface area contributed by atoms with Crippen molar-refractivity contribution in [2.24, 2.45) is 13.0 Å². The van der Waals surface area contributed by atoms with Gasteiger partial charge in [0.25, 0.3) is 5.91 Å². The number of piperidine rings is 1. The van der Waals surface area contributed by atoms with Gasteiger partial charge in [0.15, 0.2) is 0 Å².